The number of morpholine rings is 1. The van der Waals surface area contributed by atoms with Crippen LogP contribution in [0.2, 0.25) is 0 Å². The number of rotatable bonds is 11. The van der Waals surface area contributed by atoms with Gasteiger partial charge in [-0.25, -0.2) is 0 Å². The molecular weight excluding hydrogens is 514 g/mol. The molecule has 8 heteroatoms. The number of hydrogen-bond acceptors (Lipinski definition) is 6. The average molecular weight is 554 g/mol. The highest BCUT2D eigenvalue weighted by atomic mass is 16.5. The van der Waals surface area contributed by atoms with Gasteiger partial charge >= 0.3 is 0 Å². The van der Waals surface area contributed by atoms with Gasteiger partial charge in [0.1, 0.15) is 6.04 Å². The minimum atomic E-state index is -0.529. The highest BCUT2D eigenvalue weighted by Crippen LogP contribution is 2.27. The molecule has 3 aromatic rings. The van der Waals surface area contributed by atoms with E-state index in [9.17, 15) is 9.59 Å². The van der Waals surface area contributed by atoms with Crippen molar-refractivity contribution in [2.24, 2.45) is 0 Å². The lowest BCUT2D eigenvalue weighted by Gasteiger charge is -2.27. The van der Waals surface area contributed by atoms with E-state index >= 15 is 0 Å². The number of nitrogens with zero attached hydrogens (tertiary/aromatic N) is 1. The Hall–Kier alpha value is -3.98. The summed E-state index contributed by atoms with van der Waals surface area (Å²) < 4.78 is 5.72. The maximum atomic E-state index is 13.5. The third-order valence-corrected chi connectivity index (χ3v) is 7.78. The second kappa shape index (κ2) is 13.1. The third kappa shape index (κ3) is 7.41. The van der Waals surface area contributed by atoms with E-state index < -0.39 is 6.04 Å². The Morgan fingerprint density at radius 1 is 1.00 bits per heavy atom. The number of ether oxygens (including phenoxy) is 1. The number of nitrogen functional groups attached to an aromatic ring is 1. The number of likely N-dealkylation sites (tertiary alicyclic amines) is 1. The summed E-state index contributed by atoms with van der Waals surface area (Å²) in [4.78, 5) is 28.3. The lowest BCUT2D eigenvalue weighted by Crippen LogP contribution is -2.43. The molecule has 0 radical (unpaired) electrons. The first-order valence-electron chi connectivity index (χ1n) is 14.3. The van der Waals surface area contributed by atoms with Crippen LogP contribution in [0.4, 0.5) is 17.1 Å². The molecular formula is C33H39N5O3. The maximum absolute atomic E-state index is 13.5. The summed E-state index contributed by atoms with van der Waals surface area (Å²) in [6, 6.07) is 22.8. The Kier molecular flexibility index (Phi) is 9.14. The number of fused-ring (bicyclic) bond motifs is 2. The lowest BCUT2D eigenvalue weighted by atomic mass is 10.0. The zero-order valence-corrected chi connectivity index (χ0v) is 23.7. The molecule has 2 bridgehead atoms. The number of carbonyl (C=O) groups is 2. The molecule has 5 rings (SSSR count). The summed E-state index contributed by atoms with van der Waals surface area (Å²) in [5, 5.41) is 9.36. The summed E-state index contributed by atoms with van der Waals surface area (Å²) in [5.41, 5.74) is 10.7. The minimum Gasteiger partial charge on any atom is -0.397 e. The highest BCUT2D eigenvalue weighted by Gasteiger charge is 2.38. The Morgan fingerprint density at radius 3 is 2.39 bits per heavy atom. The van der Waals surface area contributed by atoms with E-state index in [2.05, 4.69) is 46.8 Å². The fourth-order valence-electron chi connectivity index (χ4n) is 5.39. The van der Waals surface area contributed by atoms with Crippen molar-refractivity contribution in [2.75, 3.05) is 42.6 Å². The van der Waals surface area contributed by atoms with Crippen molar-refractivity contribution in [3.63, 3.8) is 0 Å². The van der Waals surface area contributed by atoms with Crippen molar-refractivity contribution in [2.45, 2.75) is 44.4 Å². The highest BCUT2D eigenvalue weighted by molar-refractivity contribution is 6.03. The van der Waals surface area contributed by atoms with Crippen molar-refractivity contribution in [3.05, 3.63) is 95.6 Å². The molecule has 2 heterocycles. The molecule has 3 aromatic carbocycles. The normalized spacial score (nSPS) is 19.1. The number of nitrogens with two attached hydrogens (primary N) is 1. The zero-order valence-electron chi connectivity index (χ0n) is 23.7. The fraction of sp³-hybridized carbons (Fsp3) is 0.333. The predicted molar refractivity (Wildman–Crippen MR) is 165 cm³/mol. The molecule has 2 amide bonds. The smallest absolute Gasteiger partial charge is 0.248 e. The van der Waals surface area contributed by atoms with Crippen molar-refractivity contribution >= 4 is 35.0 Å². The maximum Gasteiger partial charge on any atom is 0.248 e. The van der Waals surface area contributed by atoms with E-state index in [1.807, 2.05) is 48.5 Å². The fourth-order valence-corrected chi connectivity index (χ4v) is 5.39. The molecule has 3 unspecified atom stereocenters. The van der Waals surface area contributed by atoms with Crippen LogP contribution < -0.4 is 21.7 Å². The summed E-state index contributed by atoms with van der Waals surface area (Å²) in [6.07, 6.45) is 4.66. The van der Waals surface area contributed by atoms with E-state index in [4.69, 9.17) is 10.5 Å². The monoisotopic (exact) mass is 553 g/mol. The molecule has 214 valence electrons. The first-order valence-corrected chi connectivity index (χ1v) is 14.3. The number of para-hydroxylation sites is 2. The Labute approximate surface area is 242 Å². The van der Waals surface area contributed by atoms with Gasteiger partial charge in [-0.2, -0.15) is 0 Å². The van der Waals surface area contributed by atoms with Crippen LogP contribution in [0.1, 0.15) is 48.9 Å². The number of anilines is 3. The van der Waals surface area contributed by atoms with E-state index in [1.165, 1.54) is 11.6 Å². The Balaban J connectivity index is 1.24. The van der Waals surface area contributed by atoms with Crippen LogP contribution in [0.5, 0.6) is 0 Å². The average Bonchev–Trinajstić information content (AvgIpc) is 3.60. The number of nitrogens with one attached hydrogen (secondary N) is 3. The summed E-state index contributed by atoms with van der Waals surface area (Å²) in [7, 11) is 0. The van der Waals surface area contributed by atoms with Crippen LogP contribution in [0, 0.1) is 0 Å². The number of carbonyl (C=O) groups excluding carboxylic acids is 2. The molecule has 3 atom stereocenters. The molecule has 0 saturated carbocycles. The molecule has 41 heavy (non-hydrogen) atoms. The molecule has 2 fully saturated rings. The summed E-state index contributed by atoms with van der Waals surface area (Å²) in [5.74, 6) is 0.0441. The van der Waals surface area contributed by atoms with Gasteiger partial charge in [0, 0.05) is 37.4 Å². The van der Waals surface area contributed by atoms with Gasteiger partial charge < -0.3 is 26.4 Å². The number of amides is 2. The van der Waals surface area contributed by atoms with Gasteiger partial charge in [0.15, 0.2) is 0 Å². The molecule has 5 N–H and O–H groups in total. The van der Waals surface area contributed by atoms with Crippen molar-refractivity contribution < 1.29 is 14.3 Å². The Morgan fingerprint density at radius 2 is 1.73 bits per heavy atom. The van der Waals surface area contributed by atoms with Crippen LogP contribution in [0.3, 0.4) is 0 Å². The van der Waals surface area contributed by atoms with E-state index in [-0.39, 0.29) is 11.8 Å². The lowest BCUT2D eigenvalue weighted by molar-refractivity contribution is -0.118. The summed E-state index contributed by atoms with van der Waals surface area (Å²) in [6.45, 7) is 7.59. The van der Waals surface area contributed by atoms with Crippen molar-refractivity contribution in [1.29, 1.82) is 0 Å². The zero-order chi connectivity index (χ0) is 28.8. The molecule has 0 aromatic heterocycles. The molecule has 8 nitrogen and oxygen atoms in total. The van der Waals surface area contributed by atoms with Gasteiger partial charge in [-0.3, -0.25) is 14.5 Å². The first kappa shape index (κ1) is 28.5. The van der Waals surface area contributed by atoms with Crippen molar-refractivity contribution in [3.8, 4) is 0 Å². The SMILES string of the molecule is CC(C)c1ccc(NC(=O)C(NCCN2CC3CC2CO3)c2ccc(C=CC(=O)Nc3ccccc3N)cc2)cc1. The van der Waals surface area contributed by atoms with Gasteiger partial charge in [-0.1, -0.05) is 62.4 Å². The van der Waals surface area contributed by atoms with Gasteiger partial charge in [0.05, 0.1) is 24.1 Å². The van der Waals surface area contributed by atoms with E-state index in [1.54, 1.807) is 18.2 Å². The second-order valence-electron chi connectivity index (χ2n) is 11.1. The molecule has 0 aliphatic carbocycles. The summed E-state index contributed by atoms with van der Waals surface area (Å²) >= 11 is 0. The predicted octanol–water partition coefficient (Wildman–Crippen LogP) is 4.79. The number of hydrogen-bond donors (Lipinski definition) is 4. The van der Waals surface area contributed by atoms with Gasteiger partial charge in [0.25, 0.3) is 0 Å². The molecule has 2 aliphatic rings. The van der Waals surface area contributed by atoms with E-state index in [0.29, 0.717) is 36.0 Å². The minimum absolute atomic E-state index is 0.114. The first-order chi connectivity index (χ1) is 19.9. The van der Waals surface area contributed by atoms with Crippen LogP contribution in [-0.2, 0) is 14.3 Å². The Bertz CT molecular complexity index is 1370. The van der Waals surface area contributed by atoms with Gasteiger partial charge in [0.2, 0.25) is 11.8 Å². The molecule has 2 saturated heterocycles. The van der Waals surface area contributed by atoms with Gasteiger partial charge in [-0.15, -0.1) is 0 Å². The topological polar surface area (TPSA) is 109 Å². The third-order valence-electron chi connectivity index (χ3n) is 7.78. The second-order valence-corrected chi connectivity index (χ2v) is 11.1. The molecule has 0 spiro atoms. The number of benzene rings is 3. The van der Waals surface area contributed by atoms with Gasteiger partial charge in [-0.05, 0) is 59.4 Å². The van der Waals surface area contributed by atoms with Crippen molar-refractivity contribution in [1.82, 2.24) is 10.2 Å². The standard InChI is InChI=1S/C33H39N5O3/c1-22(2)24-12-14-26(15-13-24)36-33(40)32(35-17-18-38-20-28-19-27(38)21-41-28)25-10-7-23(8-11-25)9-16-31(39)37-30-6-4-3-5-29(30)34/h3-16,22,27-28,32,35H,17-21,34H2,1-2H3,(H,36,40)(H,37,39). The largest absolute Gasteiger partial charge is 0.397 e. The van der Waals surface area contributed by atoms with Crippen LogP contribution >= 0.6 is 0 Å². The van der Waals surface area contributed by atoms with Crippen LogP contribution in [-0.4, -0.2) is 55.1 Å². The van der Waals surface area contributed by atoms with Crippen LogP contribution in [0.25, 0.3) is 6.08 Å². The quantitative estimate of drug-likeness (QED) is 0.201. The van der Waals surface area contributed by atoms with Crippen LogP contribution in [0.15, 0.2) is 78.9 Å². The van der Waals surface area contributed by atoms with E-state index in [0.717, 1.165) is 42.9 Å². The molecule has 2 aliphatic heterocycles.